The summed E-state index contributed by atoms with van der Waals surface area (Å²) in [6, 6.07) is 1.83. The normalized spacial score (nSPS) is 25.0. The van der Waals surface area contributed by atoms with Crippen molar-refractivity contribution in [3.63, 3.8) is 0 Å². The third-order valence-electron chi connectivity index (χ3n) is 4.64. The number of aldehydes is 1. The Labute approximate surface area is 151 Å². The molecule has 1 unspecified atom stereocenters. The van der Waals surface area contributed by atoms with E-state index in [4.69, 9.17) is 4.79 Å². The van der Waals surface area contributed by atoms with E-state index in [0.717, 1.165) is 31.2 Å². The van der Waals surface area contributed by atoms with Gasteiger partial charge in [0.05, 0.1) is 6.04 Å². The van der Waals surface area contributed by atoms with E-state index < -0.39 is 0 Å². The molecule has 8 heteroatoms. The molecule has 2 saturated heterocycles. The van der Waals surface area contributed by atoms with E-state index >= 15 is 0 Å². The first-order chi connectivity index (χ1) is 12.1. The highest BCUT2D eigenvalue weighted by atomic mass is 32.1. The number of hydrogen-bond donors (Lipinski definition) is 3. The van der Waals surface area contributed by atoms with Gasteiger partial charge in [-0.3, -0.25) is 9.59 Å². The van der Waals surface area contributed by atoms with Crippen LogP contribution in [0.3, 0.4) is 0 Å². The lowest BCUT2D eigenvalue weighted by Gasteiger charge is -2.37. The number of carbonyl (C=O) groups excluding carboxylic acids is 3. The Morgan fingerprint density at radius 2 is 2.12 bits per heavy atom. The number of nitrogens with two attached hydrogens (primary N) is 1. The summed E-state index contributed by atoms with van der Waals surface area (Å²) in [6.45, 7) is 0.682. The van der Waals surface area contributed by atoms with Crippen molar-refractivity contribution in [1.82, 2.24) is 15.5 Å². The minimum Gasteiger partial charge on any atom is -0.350 e. The van der Waals surface area contributed by atoms with Crippen molar-refractivity contribution < 1.29 is 14.4 Å². The van der Waals surface area contributed by atoms with Gasteiger partial charge in [-0.2, -0.15) is 11.3 Å². The van der Waals surface area contributed by atoms with Crippen LogP contribution >= 0.6 is 11.3 Å². The Bertz CT molecular complexity index is 578. The molecule has 7 nitrogen and oxygen atoms in total. The molecule has 3 atom stereocenters. The van der Waals surface area contributed by atoms with Gasteiger partial charge in [0.2, 0.25) is 11.8 Å². The van der Waals surface area contributed by atoms with E-state index in [9.17, 15) is 9.59 Å². The Kier molecular flexibility index (Phi) is 7.54. The van der Waals surface area contributed by atoms with Gasteiger partial charge in [-0.05, 0) is 55.1 Å². The molecule has 0 saturated carbocycles. The molecule has 25 heavy (non-hydrogen) atoms. The molecular formula is C17H26N4O3S. The van der Waals surface area contributed by atoms with Crippen molar-refractivity contribution in [3.05, 3.63) is 22.4 Å². The monoisotopic (exact) mass is 366 g/mol. The Balaban J connectivity index is 0.000000511. The third kappa shape index (κ3) is 4.87. The molecule has 2 aliphatic heterocycles. The standard InChI is InChI=1S/C15H21N3O2S.C2H5NO/c1-16-12-4-2-11-3-5-13(18(11)15(12)20)14(19)17-8-10-6-7-21-9-10;3-1-2-4/h6-7,9,11-13,16H,2-5,8H2,1H3,(H,17,19);2H,1,3H2/t11?,12-,13-;/m0./s1. The summed E-state index contributed by atoms with van der Waals surface area (Å²) in [4.78, 5) is 35.8. The van der Waals surface area contributed by atoms with Gasteiger partial charge in [-0.15, -0.1) is 0 Å². The number of carbonyl (C=O) groups is 3. The van der Waals surface area contributed by atoms with Crippen LogP contribution in [0.5, 0.6) is 0 Å². The van der Waals surface area contributed by atoms with Crippen molar-refractivity contribution in [2.45, 2.75) is 50.4 Å². The number of nitrogens with zero attached hydrogens (tertiary/aromatic N) is 1. The third-order valence-corrected chi connectivity index (χ3v) is 5.37. The molecule has 2 fully saturated rings. The maximum absolute atomic E-state index is 12.5. The number of piperidine rings is 1. The minimum absolute atomic E-state index is 0.0196. The number of thiophene rings is 1. The summed E-state index contributed by atoms with van der Waals surface area (Å²) in [5.41, 5.74) is 5.77. The Morgan fingerprint density at radius 3 is 2.72 bits per heavy atom. The zero-order valence-electron chi connectivity index (χ0n) is 14.4. The van der Waals surface area contributed by atoms with Crippen molar-refractivity contribution >= 4 is 29.4 Å². The van der Waals surface area contributed by atoms with Gasteiger partial charge in [0, 0.05) is 19.1 Å². The highest BCUT2D eigenvalue weighted by Gasteiger charge is 2.45. The van der Waals surface area contributed by atoms with Crippen LogP contribution in [0.1, 0.15) is 31.2 Å². The maximum Gasteiger partial charge on any atom is 0.243 e. The van der Waals surface area contributed by atoms with E-state index in [1.807, 2.05) is 28.8 Å². The Morgan fingerprint density at radius 1 is 1.40 bits per heavy atom. The molecule has 1 aromatic rings. The SMILES string of the molecule is CN[C@H]1CCC2CC[C@@H](C(=O)NCc3ccsc3)N2C1=O.NCC=O. The van der Waals surface area contributed by atoms with Gasteiger partial charge >= 0.3 is 0 Å². The average Bonchev–Trinajstić information content (AvgIpc) is 3.30. The zero-order chi connectivity index (χ0) is 18.2. The molecule has 3 rings (SSSR count). The molecule has 3 heterocycles. The van der Waals surface area contributed by atoms with E-state index in [1.54, 1.807) is 11.3 Å². The lowest BCUT2D eigenvalue weighted by Crippen LogP contribution is -2.57. The molecule has 0 bridgehead atoms. The van der Waals surface area contributed by atoms with E-state index in [1.165, 1.54) is 0 Å². The number of rotatable bonds is 5. The number of nitrogens with one attached hydrogen (secondary N) is 2. The smallest absolute Gasteiger partial charge is 0.243 e. The quantitative estimate of drug-likeness (QED) is 0.648. The molecule has 4 N–H and O–H groups in total. The largest absolute Gasteiger partial charge is 0.350 e. The minimum atomic E-state index is -0.294. The number of likely N-dealkylation sites (N-methyl/N-ethyl adjacent to an activating group) is 1. The van der Waals surface area contributed by atoms with Crippen LogP contribution in [0.15, 0.2) is 16.8 Å². The fourth-order valence-electron chi connectivity index (χ4n) is 3.39. The summed E-state index contributed by atoms with van der Waals surface area (Å²) < 4.78 is 0. The van der Waals surface area contributed by atoms with Crippen molar-refractivity contribution in [2.75, 3.05) is 13.6 Å². The lowest BCUT2D eigenvalue weighted by atomic mass is 9.98. The lowest BCUT2D eigenvalue weighted by molar-refractivity contribution is -0.144. The maximum atomic E-state index is 12.5. The number of hydrogen-bond acceptors (Lipinski definition) is 6. The molecule has 0 aromatic carbocycles. The van der Waals surface area contributed by atoms with Gasteiger partial charge in [0.25, 0.3) is 0 Å². The molecule has 0 radical (unpaired) electrons. The van der Waals surface area contributed by atoms with E-state index in [0.29, 0.717) is 12.8 Å². The van der Waals surface area contributed by atoms with Crippen molar-refractivity contribution in [1.29, 1.82) is 0 Å². The number of fused-ring (bicyclic) bond motifs is 1. The van der Waals surface area contributed by atoms with Crippen molar-refractivity contribution in [3.8, 4) is 0 Å². The first kappa shape index (κ1) is 19.6. The highest BCUT2D eigenvalue weighted by molar-refractivity contribution is 7.07. The van der Waals surface area contributed by atoms with Crippen LogP contribution in [-0.4, -0.2) is 54.7 Å². The second kappa shape index (κ2) is 9.65. The van der Waals surface area contributed by atoms with Crippen LogP contribution in [0.2, 0.25) is 0 Å². The molecular weight excluding hydrogens is 340 g/mol. The first-order valence-corrected chi connectivity index (χ1v) is 9.48. The summed E-state index contributed by atoms with van der Waals surface area (Å²) in [6.07, 6.45) is 4.24. The van der Waals surface area contributed by atoms with Gasteiger partial charge in [-0.1, -0.05) is 0 Å². The van der Waals surface area contributed by atoms with Crippen LogP contribution in [-0.2, 0) is 20.9 Å². The highest BCUT2D eigenvalue weighted by Crippen LogP contribution is 2.32. The van der Waals surface area contributed by atoms with Crippen LogP contribution in [0, 0.1) is 0 Å². The van der Waals surface area contributed by atoms with Gasteiger partial charge in [-0.25, -0.2) is 0 Å². The summed E-state index contributed by atoms with van der Waals surface area (Å²) in [7, 11) is 1.81. The Hall–Kier alpha value is -1.77. The van der Waals surface area contributed by atoms with E-state index in [2.05, 4.69) is 16.4 Å². The molecule has 2 aliphatic rings. The van der Waals surface area contributed by atoms with E-state index in [-0.39, 0.29) is 36.5 Å². The van der Waals surface area contributed by atoms with Gasteiger partial charge < -0.3 is 26.1 Å². The second-order valence-corrected chi connectivity index (χ2v) is 6.94. The molecule has 138 valence electrons. The first-order valence-electron chi connectivity index (χ1n) is 8.54. The number of amides is 2. The summed E-state index contributed by atoms with van der Waals surface area (Å²) in [5, 5.41) is 10.1. The van der Waals surface area contributed by atoms with Gasteiger partial charge in [0.1, 0.15) is 12.3 Å². The predicted octanol–water partition coefficient (Wildman–Crippen LogP) is 0.250. The van der Waals surface area contributed by atoms with Gasteiger partial charge in [0.15, 0.2) is 0 Å². The summed E-state index contributed by atoms with van der Waals surface area (Å²) >= 11 is 1.62. The predicted molar refractivity (Wildman–Crippen MR) is 97.0 cm³/mol. The molecule has 1 aromatic heterocycles. The molecule has 2 amide bonds. The fourth-order valence-corrected chi connectivity index (χ4v) is 4.06. The van der Waals surface area contributed by atoms with Crippen LogP contribution in [0.4, 0.5) is 0 Å². The molecule has 0 aliphatic carbocycles. The van der Waals surface area contributed by atoms with Crippen LogP contribution in [0.25, 0.3) is 0 Å². The second-order valence-electron chi connectivity index (χ2n) is 6.16. The van der Waals surface area contributed by atoms with Crippen molar-refractivity contribution in [2.24, 2.45) is 5.73 Å². The fraction of sp³-hybridized carbons (Fsp3) is 0.588. The summed E-state index contributed by atoms with van der Waals surface area (Å²) in [5.74, 6) is 0.0655. The van der Waals surface area contributed by atoms with Crippen LogP contribution < -0.4 is 16.4 Å². The average molecular weight is 366 g/mol. The molecule has 0 spiro atoms. The topological polar surface area (TPSA) is 105 Å². The zero-order valence-corrected chi connectivity index (χ0v) is 15.3.